The van der Waals surface area contributed by atoms with Crippen LogP contribution in [0.15, 0.2) is 18.2 Å². The summed E-state index contributed by atoms with van der Waals surface area (Å²) in [6.07, 6.45) is 2.25. The van der Waals surface area contributed by atoms with Crippen LogP contribution in [0.2, 0.25) is 0 Å². The zero-order valence-corrected chi connectivity index (χ0v) is 16.2. The van der Waals surface area contributed by atoms with E-state index in [1.54, 1.807) is 12.1 Å². The van der Waals surface area contributed by atoms with Crippen molar-refractivity contribution < 1.29 is 13.9 Å². The van der Waals surface area contributed by atoms with Crippen LogP contribution in [0.25, 0.3) is 0 Å². The van der Waals surface area contributed by atoms with E-state index in [4.69, 9.17) is 4.74 Å². The van der Waals surface area contributed by atoms with Crippen LogP contribution in [0.5, 0.6) is 0 Å². The summed E-state index contributed by atoms with van der Waals surface area (Å²) in [5.74, 6) is 0.770. The molecule has 5 nitrogen and oxygen atoms in total. The van der Waals surface area contributed by atoms with Crippen LogP contribution in [0.3, 0.4) is 0 Å². The minimum Gasteiger partial charge on any atom is -0.378 e. The lowest BCUT2D eigenvalue weighted by Gasteiger charge is -2.34. The van der Waals surface area contributed by atoms with E-state index in [1.807, 2.05) is 29.7 Å². The van der Waals surface area contributed by atoms with Gasteiger partial charge in [0, 0.05) is 49.4 Å². The molecule has 26 heavy (non-hydrogen) atoms. The molecule has 1 N–H and O–H groups in total. The molecule has 144 valence electrons. The first kappa shape index (κ1) is 19.3. The van der Waals surface area contributed by atoms with Gasteiger partial charge in [-0.2, -0.15) is 11.8 Å². The number of piperidine rings is 1. The zero-order chi connectivity index (χ0) is 18.4. The molecule has 0 saturated carbocycles. The summed E-state index contributed by atoms with van der Waals surface area (Å²) in [7, 11) is 0. The van der Waals surface area contributed by atoms with Gasteiger partial charge in [0.25, 0.3) is 0 Å². The molecule has 0 aromatic heterocycles. The Bertz CT molecular complexity index is 602. The van der Waals surface area contributed by atoms with E-state index < -0.39 is 0 Å². The van der Waals surface area contributed by atoms with Crippen LogP contribution in [0.4, 0.5) is 14.9 Å². The molecule has 1 aromatic rings. The monoisotopic (exact) mass is 381 g/mol. The van der Waals surface area contributed by atoms with Crippen molar-refractivity contribution in [1.29, 1.82) is 0 Å². The molecule has 2 heterocycles. The summed E-state index contributed by atoms with van der Waals surface area (Å²) in [4.78, 5) is 16.2. The maximum atomic E-state index is 13.3. The number of amides is 2. The normalized spacial score (nSPS) is 18.8. The number of rotatable bonds is 5. The van der Waals surface area contributed by atoms with Crippen LogP contribution in [-0.2, 0) is 4.74 Å². The summed E-state index contributed by atoms with van der Waals surface area (Å²) in [6, 6.07) is 5.06. The van der Waals surface area contributed by atoms with Gasteiger partial charge in [0.1, 0.15) is 5.82 Å². The van der Waals surface area contributed by atoms with E-state index in [2.05, 4.69) is 10.2 Å². The highest BCUT2D eigenvalue weighted by molar-refractivity contribution is 7.99. The first-order valence-corrected chi connectivity index (χ1v) is 10.4. The Hall–Kier alpha value is -1.47. The van der Waals surface area contributed by atoms with Crippen molar-refractivity contribution in [2.75, 3.05) is 56.6 Å². The Morgan fingerprint density at radius 3 is 2.69 bits per heavy atom. The Kier molecular flexibility index (Phi) is 7.02. The number of hydrogen-bond acceptors (Lipinski definition) is 4. The molecule has 1 aromatic carbocycles. The number of ether oxygens (including phenoxy) is 1. The molecule has 7 heteroatoms. The van der Waals surface area contributed by atoms with Crippen molar-refractivity contribution in [2.24, 2.45) is 0 Å². The van der Waals surface area contributed by atoms with Crippen LogP contribution in [0.1, 0.15) is 18.4 Å². The van der Waals surface area contributed by atoms with Crippen molar-refractivity contribution >= 4 is 23.5 Å². The predicted molar refractivity (Wildman–Crippen MR) is 105 cm³/mol. The van der Waals surface area contributed by atoms with Crippen LogP contribution >= 0.6 is 11.8 Å². The maximum absolute atomic E-state index is 13.3. The summed E-state index contributed by atoms with van der Waals surface area (Å²) in [5.41, 5.74) is 2.15. The molecule has 2 fully saturated rings. The second kappa shape index (κ2) is 9.46. The number of nitrogens with one attached hydrogen (secondary N) is 1. The highest BCUT2D eigenvalue weighted by atomic mass is 32.2. The highest BCUT2D eigenvalue weighted by Crippen LogP contribution is 2.28. The smallest absolute Gasteiger partial charge is 0.317 e. The SMILES string of the molecule is Cc1cc(F)ccc1N1CCC(SCCNC(=O)N2CCOCC2)CC1. The van der Waals surface area contributed by atoms with Crippen molar-refractivity contribution in [1.82, 2.24) is 10.2 Å². The van der Waals surface area contributed by atoms with Gasteiger partial charge in [0.15, 0.2) is 0 Å². The number of benzene rings is 1. The molecule has 3 rings (SSSR count). The summed E-state index contributed by atoms with van der Waals surface area (Å²) < 4.78 is 18.5. The molecule has 2 amide bonds. The number of thioether (sulfide) groups is 1. The molecule has 2 aliphatic rings. The van der Waals surface area contributed by atoms with Crippen LogP contribution in [-0.4, -0.2) is 67.9 Å². The number of anilines is 1. The Balaban J connectivity index is 1.33. The average molecular weight is 382 g/mol. The fraction of sp³-hybridized carbons (Fsp3) is 0.632. The molecule has 2 saturated heterocycles. The Labute approximate surface area is 159 Å². The van der Waals surface area contributed by atoms with E-state index in [1.165, 1.54) is 0 Å². The number of aryl methyl sites for hydroxylation is 1. The predicted octanol–water partition coefficient (Wildman–Crippen LogP) is 2.88. The Morgan fingerprint density at radius 1 is 1.27 bits per heavy atom. The third-order valence-electron chi connectivity index (χ3n) is 4.97. The third kappa shape index (κ3) is 5.27. The number of hydrogen-bond donors (Lipinski definition) is 1. The summed E-state index contributed by atoms with van der Waals surface area (Å²) in [6.45, 7) is 7.31. The summed E-state index contributed by atoms with van der Waals surface area (Å²) >= 11 is 1.95. The quantitative estimate of drug-likeness (QED) is 0.797. The van der Waals surface area contributed by atoms with E-state index in [0.717, 1.165) is 42.9 Å². The zero-order valence-electron chi connectivity index (χ0n) is 15.4. The lowest BCUT2D eigenvalue weighted by Crippen LogP contribution is -2.46. The number of urea groups is 1. The molecule has 0 unspecified atom stereocenters. The van der Waals surface area contributed by atoms with Gasteiger partial charge < -0.3 is 19.9 Å². The van der Waals surface area contributed by atoms with Gasteiger partial charge in [-0.3, -0.25) is 0 Å². The van der Waals surface area contributed by atoms with Gasteiger partial charge in [0.05, 0.1) is 13.2 Å². The van der Waals surface area contributed by atoms with Gasteiger partial charge in [0.2, 0.25) is 0 Å². The second-order valence-corrected chi connectivity index (χ2v) is 8.23. The first-order chi connectivity index (χ1) is 12.6. The van der Waals surface area contributed by atoms with E-state index in [0.29, 0.717) is 38.1 Å². The molecular weight excluding hydrogens is 353 g/mol. The fourth-order valence-corrected chi connectivity index (χ4v) is 4.60. The van der Waals surface area contributed by atoms with Crippen molar-refractivity contribution in [3.8, 4) is 0 Å². The molecule has 2 aliphatic heterocycles. The van der Waals surface area contributed by atoms with E-state index >= 15 is 0 Å². The molecular formula is C19H28FN3O2S. The standard InChI is InChI=1S/C19H28FN3O2S/c1-15-14-16(20)2-3-18(15)22-7-4-17(5-8-22)26-13-6-21-19(24)23-9-11-25-12-10-23/h2-3,14,17H,4-13H2,1H3,(H,21,24). The molecule has 0 aliphatic carbocycles. The molecule has 0 spiro atoms. The van der Waals surface area contributed by atoms with Gasteiger partial charge in [-0.05, 0) is 43.5 Å². The van der Waals surface area contributed by atoms with Crippen molar-refractivity contribution in [3.05, 3.63) is 29.6 Å². The topological polar surface area (TPSA) is 44.8 Å². The van der Waals surface area contributed by atoms with Gasteiger partial charge >= 0.3 is 6.03 Å². The maximum Gasteiger partial charge on any atom is 0.317 e. The van der Waals surface area contributed by atoms with E-state index in [9.17, 15) is 9.18 Å². The number of halogens is 1. The average Bonchev–Trinajstić information content (AvgIpc) is 2.66. The van der Waals surface area contributed by atoms with Gasteiger partial charge in [-0.1, -0.05) is 0 Å². The number of morpholine rings is 1. The first-order valence-electron chi connectivity index (χ1n) is 9.37. The number of carbonyl (C=O) groups excluding carboxylic acids is 1. The van der Waals surface area contributed by atoms with Gasteiger partial charge in [-0.15, -0.1) is 0 Å². The fourth-order valence-electron chi connectivity index (χ4n) is 3.50. The molecule has 0 atom stereocenters. The van der Waals surface area contributed by atoms with Crippen LogP contribution in [0, 0.1) is 12.7 Å². The minimum atomic E-state index is -0.171. The third-order valence-corrected chi connectivity index (χ3v) is 6.35. The van der Waals surface area contributed by atoms with Crippen LogP contribution < -0.4 is 10.2 Å². The van der Waals surface area contributed by atoms with Crippen molar-refractivity contribution in [3.63, 3.8) is 0 Å². The molecule has 0 radical (unpaired) electrons. The molecule has 0 bridgehead atoms. The van der Waals surface area contributed by atoms with E-state index in [-0.39, 0.29) is 11.8 Å². The second-order valence-electron chi connectivity index (χ2n) is 6.82. The Morgan fingerprint density at radius 2 is 2.00 bits per heavy atom. The minimum absolute atomic E-state index is 0.0236. The number of carbonyl (C=O) groups is 1. The largest absolute Gasteiger partial charge is 0.378 e. The summed E-state index contributed by atoms with van der Waals surface area (Å²) in [5, 5.41) is 3.64. The lowest BCUT2D eigenvalue weighted by atomic mass is 10.1. The number of nitrogens with zero attached hydrogens (tertiary/aromatic N) is 2. The van der Waals surface area contributed by atoms with Crippen molar-refractivity contribution in [2.45, 2.75) is 25.0 Å². The lowest BCUT2D eigenvalue weighted by molar-refractivity contribution is 0.0533. The highest BCUT2D eigenvalue weighted by Gasteiger charge is 2.21. The van der Waals surface area contributed by atoms with Gasteiger partial charge in [-0.25, -0.2) is 9.18 Å².